The Morgan fingerprint density at radius 1 is 1.30 bits per heavy atom. The number of nitrogens with zero attached hydrogens (tertiary/aromatic N) is 2. The van der Waals surface area contributed by atoms with Gasteiger partial charge in [-0.1, -0.05) is 13.8 Å². The van der Waals surface area contributed by atoms with E-state index in [1.165, 1.54) is 24.4 Å². The highest BCUT2D eigenvalue weighted by Crippen LogP contribution is 2.40. The Morgan fingerprint density at radius 3 is 2.70 bits per heavy atom. The fraction of sp³-hybridized carbons (Fsp3) is 0.429. The highest BCUT2D eigenvalue weighted by Gasteiger charge is 2.41. The van der Waals surface area contributed by atoms with Crippen molar-refractivity contribution in [3.63, 3.8) is 0 Å². The molecule has 0 radical (unpaired) electrons. The Hall–Kier alpha value is -2.86. The molecule has 33 heavy (non-hydrogen) atoms. The van der Waals surface area contributed by atoms with Crippen LogP contribution in [0.25, 0.3) is 0 Å². The van der Waals surface area contributed by atoms with E-state index in [4.69, 9.17) is 0 Å². The first-order chi connectivity index (χ1) is 15.3. The van der Waals surface area contributed by atoms with Gasteiger partial charge in [0, 0.05) is 23.2 Å². The second-order valence-electron chi connectivity index (χ2n) is 9.25. The van der Waals surface area contributed by atoms with Gasteiger partial charge in [-0.05, 0) is 43.9 Å². The average Bonchev–Trinajstić information content (AvgIpc) is 3.20. The minimum absolute atomic E-state index is 0.111. The molecule has 1 unspecified atom stereocenters. The molecule has 12 heteroatoms. The van der Waals surface area contributed by atoms with Crippen molar-refractivity contribution in [3.05, 3.63) is 47.8 Å². The lowest BCUT2D eigenvalue weighted by Crippen LogP contribution is -2.42. The molecule has 4 rings (SSSR count). The quantitative estimate of drug-likeness (QED) is 0.544. The molecule has 1 aromatic heterocycles. The summed E-state index contributed by atoms with van der Waals surface area (Å²) in [6.07, 6.45) is 6.19. The number of nitrogens with one attached hydrogen (secondary N) is 3. The van der Waals surface area contributed by atoms with E-state index in [2.05, 4.69) is 33.6 Å². The van der Waals surface area contributed by atoms with Crippen LogP contribution in [0.4, 0.5) is 11.4 Å². The van der Waals surface area contributed by atoms with Crippen LogP contribution in [-0.4, -0.2) is 38.4 Å². The predicted molar refractivity (Wildman–Crippen MR) is 125 cm³/mol. The molecule has 3 N–H and O–H groups in total. The zero-order chi connectivity index (χ0) is 24.2. The molecular weight excluding hydrogens is 466 g/mol. The van der Waals surface area contributed by atoms with Gasteiger partial charge in [-0.25, -0.2) is 21.8 Å². The van der Waals surface area contributed by atoms with Crippen molar-refractivity contribution in [2.45, 2.75) is 50.5 Å². The number of Topliss-reactive ketones (excluding diaryl/α,β-unsaturated/α-hetero) is 1. The monoisotopic (exact) mass is 493 g/mol. The first-order valence-corrected chi connectivity index (χ1v) is 13.9. The second-order valence-corrected chi connectivity index (χ2v) is 12.7. The summed E-state index contributed by atoms with van der Waals surface area (Å²) in [7, 11) is -7.62. The molecule has 2 aromatic rings. The zero-order valence-electron chi connectivity index (χ0n) is 18.8. The van der Waals surface area contributed by atoms with Crippen LogP contribution in [0.3, 0.4) is 0 Å². The van der Waals surface area contributed by atoms with Crippen LogP contribution in [0.5, 0.6) is 0 Å². The van der Waals surface area contributed by atoms with Crippen molar-refractivity contribution in [2.24, 2.45) is 5.92 Å². The van der Waals surface area contributed by atoms with Crippen molar-refractivity contribution in [2.75, 3.05) is 16.3 Å². The molecule has 1 atom stereocenters. The van der Waals surface area contributed by atoms with Crippen LogP contribution in [-0.2, 0) is 25.6 Å². The third-order valence-corrected chi connectivity index (χ3v) is 7.91. The second kappa shape index (κ2) is 7.87. The maximum absolute atomic E-state index is 13.3. The first kappa shape index (κ1) is 23.3. The molecule has 0 bridgehead atoms. The van der Waals surface area contributed by atoms with E-state index in [0.29, 0.717) is 23.6 Å². The molecular formula is C21H27N5O5S2. The summed E-state index contributed by atoms with van der Waals surface area (Å²) in [6.45, 7) is 6.31. The number of carbonyl (C=O) groups excluding carboxylic acids is 1. The van der Waals surface area contributed by atoms with Crippen molar-refractivity contribution in [1.82, 2.24) is 14.3 Å². The van der Waals surface area contributed by atoms with Crippen molar-refractivity contribution in [1.29, 1.82) is 0 Å². The third kappa shape index (κ3) is 4.49. The summed E-state index contributed by atoms with van der Waals surface area (Å²) in [6, 6.07) is 4.16. The van der Waals surface area contributed by atoms with Crippen LogP contribution in [0.15, 0.2) is 47.0 Å². The maximum atomic E-state index is 13.3. The predicted octanol–water partition coefficient (Wildman–Crippen LogP) is 2.61. The van der Waals surface area contributed by atoms with Crippen LogP contribution < -0.4 is 14.8 Å². The number of hydrogen-bond donors (Lipinski definition) is 3. The van der Waals surface area contributed by atoms with Crippen LogP contribution in [0.2, 0.25) is 0 Å². The molecule has 2 aliphatic rings. The van der Waals surface area contributed by atoms with Gasteiger partial charge < -0.3 is 9.88 Å². The number of allylic oxidation sites excluding steroid dienone is 1. The summed E-state index contributed by atoms with van der Waals surface area (Å²) in [5.74, 6) is 0.286. The number of sulfonamides is 2. The van der Waals surface area contributed by atoms with E-state index in [1.54, 1.807) is 6.33 Å². The Morgan fingerprint density at radius 2 is 2.03 bits per heavy atom. The number of aromatic nitrogens is 2. The molecule has 3 heterocycles. The minimum atomic E-state index is -4.05. The number of fused-ring (bicyclic) bond motifs is 2. The van der Waals surface area contributed by atoms with Gasteiger partial charge in [0.1, 0.15) is 16.4 Å². The Bertz CT molecular complexity index is 1380. The van der Waals surface area contributed by atoms with Gasteiger partial charge in [-0.15, -0.1) is 0 Å². The average molecular weight is 494 g/mol. The van der Waals surface area contributed by atoms with Gasteiger partial charge >= 0.3 is 0 Å². The minimum Gasteiger partial charge on any atom is -0.340 e. The van der Waals surface area contributed by atoms with E-state index in [-0.39, 0.29) is 27.9 Å². The molecule has 2 aliphatic heterocycles. The molecule has 0 amide bonds. The van der Waals surface area contributed by atoms with E-state index >= 15 is 0 Å². The number of carbonyl (C=O) groups is 1. The highest BCUT2D eigenvalue weighted by atomic mass is 32.2. The zero-order valence-corrected chi connectivity index (χ0v) is 20.5. The summed E-state index contributed by atoms with van der Waals surface area (Å²) in [5, 5.41) is 3.03. The van der Waals surface area contributed by atoms with Crippen LogP contribution >= 0.6 is 0 Å². The van der Waals surface area contributed by atoms with E-state index in [1.807, 2.05) is 11.5 Å². The normalized spacial score (nSPS) is 24.0. The van der Waals surface area contributed by atoms with Crippen LogP contribution in [0.1, 0.15) is 50.5 Å². The van der Waals surface area contributed by atoms with Gasteiger partial charge in [0.15, 0.2) is 0 Å². The summed E-state index contributed by atoms with van der Waals surface area (Å²) in [4.78, 5) is 17.3. The summed E-state index contributed by atoms with van der Waals surface area (Å²) in [5.41, 5.74) is 0.684. The van der Waals surface area contributed by atoms with Crippen molar-refractivity contribution < 1.29 is 21.6 Å². The SMILES string of the molecule is CC(C)CCC1(C)CC(=C2Nc3ccc(NS(C)(=O)=O)cc3S(=O)(=O)N2)C(=O)c2cncn21. The molecule has 0 spiro atoms. The number of ketones is 1. The van der Waals surface area contributed by atoms with Gasteiger partial charge in [0.05, 0.1) is 24.5 Å². The topological polar surface area (TPSA) is 139 Å². The van der Waals surface area contributed by atoms with Gasteiger partial charge in [-0.2, -0.15) is 0 Å². The molecule has 1 aromatic carbocycles. The van der Waals surface area contributed by atoms with Gasteiger partial charge in [0.25, 0.3) is 10.0 Å². The van der Waals surface area contributed by atoms with Crippen molar-refractivity contribution in [3.8, 4) is 0 Å². The highest BCUT2D eigenvalue weighted by molar-refractivity contribution is 7.92. The van der Waals surface area contributed by atoms with Crippen LogP contribution in [0, 0.1) is 5.92 Å². The number of hydrogen-bond acceptors (Lipinski definition) is 7. The Labute approximate surface area is 193 Å². The number of anilines is 2. The Kier molecular flexibility index (Phi) is 5.56. The molecule has 0 fully saturated rings. The lowest BCUT2D eigenvalue weighted by molar-refractivity contribution is 0.0968. The van der Waals surface area contributed by atoms with E-state index < -0.39 is 25.6 Å². The molecule has 0 aliphatic carbocycles. The summed E-state index contributed by atoms with van der Waals surface area (Å²) < 4.78 is 55.7. The fourth-order valence-corrected chi connectivity index (χ4v) is 6.02. The molecule has 0 saturated heterocycles. The lowest BCUT2D eigenvalue weighted by atomic mass is 9.81. The smallest absolute Gasteiger partial charge is 0.265 e. The molecule has 0 saturated carbocycles. The summed E-state index contributed by atoms with van der Waals surface area (Å²) >= 11 is 0. The van der Waals surface area contributed by atoms with Crippen molar-refractivity contribution >= 4 is 37.2 Å². The third-order valence-electron chi connectivity index (χ3n) is 5.92. The lowest BCUT2D eigenvalue weighted by Gasteiger charge is -2.38. The fourth-order valence-electron chi connectivity index (χ4n) is 4.22. The number of rotatable bonds is 5. The largest absolute Gasteiger partial charge is 0.340 e. The van der Waals surface area contributed by atoms with E-state index in [9.17, 15) is 21.6 Å². The molecule has 10 nitrogen and oxygen atoms in total. The standard InChI is InChI=1S/C21H27N5O5S2/c1-13(2)7-8-21(3)10-15(19(27)17-11-22-12-26(17)21)20-23-16-6-5-14(24-32(4,28)29)9-18(16)33(30,31)25-20/h5-6,9,11-13,23-25H,7-8,10H2,1-4H3. The molecule has 178 valence electrons. The number of benzene rings is 1. The first-order valence-electron chi connectivity index (χ1n) is 10.5. The van der Waals surface area contributed by atoms with Gasteiger partial charge in [0.2, 0.25) is 15.8 Å². The number of imidazole rings is 1. The van der Waals surface area contributed by atoms with E-state index in [0.717, 1.165) is 19.1 Å². The maximum Gasteiger partial charge on any atom is 0.265 e. The van der Waals surface area contributed by atoms with Gasteiger partial charge in [-0.3, -0.25) is 14.2 Å². The Balaban J connectivity index is 1.77.